The van der Waals surface area contributed by atoms with E-state index in [-0.39, 0.29) is 17.5 Å². The number of amides is 1. The van der Waals surface area contributed by atoms with E-state index >= 15 is 0 Å². The Bertz CT molecular complexity index is 753. The van der Waals surface area contributed by atoms with Crippen molar-refractivity contribution >= 4 is 29.3 Å². The molecule has 1 saturated heterocycles. The Balaban J connectivity index is 1.40. The van der Waals surface area contributed by atoms with Gasteiger partial charge in [-0.25, -0.2) is 4.39 Å². The van der Waals surface area contributed by atoms with Gasteiger partial charge < -0.3 is 10.2 Å². The molecule has 0 radical (unpaired) electrons. The number of nitrogens with zero attached hydrogens (tertiary/aromatic N) is 4. The SMILES string of the molecule is O=C(CSc1nnc(N2CCCC2)n1C1CC1)Nc1ccc(F)cc1. The standard InChI is InChI=1S/C17H20FN5OS/c18-12-3-5-13(6-4-12)19-15(24)11-25-17-21-20-16(22-9-1-2-10-22)23(17)14-7-8-14/h3-6,14H,1-2,7-11H2,(H,19,24). The molecule has 0 atom stereocenters. The van der Waals surface area contributed by atoms with Gasteiger partial charge in [0.2, 0.25) is 11.9 Å². The number of thioether (sulfide) groups is 1. The van der Waals surface area contributed by atoms with E-state index in [0.29, 0.717) is 11.7 Å². The predicted molar refractivity (Wildman–Crippen MR) is 95.5 cm³/mol. The zero-order valence-corrected chi connectivity index (χ0v) is 14.6. The first-order valence-corrected chi connectivity index (χ1v) is 9.57. The van der Waals surface area contributed by atoms with Crippen LogP contribution in [0.5, 0.6) is 0 Å². The van der Waals surface area contributed by atoms with Crippen LogP contribution in [0.1, 0.15) is 31.7 Å². The smallest absolute Gasteiger partial charge is 0.234 e. The second-order valence-electron chi connectivity index (χ2n) is 6.42. The highest BCUT2D eigenvalue weighted by atomic mass is 32.2. The highest BCUT2D eigenvalue weighted by molar-refractivity contribution is 7.99. The molecular weight excluding hydrogens is 341 g/mol. The summed E-state index contributed by atoms with van der Waals surface area (Å²) in [6, 6.07) is 6.23. The molecule has 6 nitrogen and oxygen atoms in total. The van der Waals surface area contributed by atoms with Crippen molar-refractivity contribution in [2.24, 2.45) is 0 Å². The summed E-state index contributed by atoms with van der Waals surface area (Å²) in [5.41, 5.74) is 0.591. The number of carbonyl (C=O) groups excluding carboxylic acids is 1. The molecule has 2 fully saturated rings. The fourth-order valence-corrected chi connectivity index (χ4v) is 3.81. The summed E-state index contributed by atoms with van der Waals surface area (Å²) in [7, 11) is 0. The van der Waals surface area contributed by atoms with Crippen molar-refractivity contribution in [3.05, 3.63) is 30.1 Å². The van der Waals surface area contributed by atoms with Crippen molar-refractivity contribution < 1.29 is 9.18 Å². The lowest BCUT2D eigenvalue weighted by Gasteiger charge is -2.17. The van der Waals surface area contributed by atoms with Crippen LogP contribution in [0.2, 0.25) is 0 Å². The average Bonchev–Trinajstić information content (AvgIpc) is 3.13. The van der Waals surface area contributed by atoms with E-state index in [4.69, 9.17) is 0 Å². The van der Waals surface area contributed by atoms with Gasteiger partial charge in [-0.15, -0.1) is 10.2 Å². The summed E-state index contributed by atoms with van der Waals surface area (Å²) in [4.78, 5) is 14.4. The summed E-state index contributed by atoms with van der Waals surface area (Å²) in [5.74, 6) is 0.743. The Morgan fingerprint density at radius 3 is 2.60 bits per heavy atom. The lowest BCUT2D eigenvalue weighted by Crippen LogP contribution is -2.22. The summed E-state index contributed by atoms with van der Waals surface area (Å²) in [6.45, 7) is 2.06. The second kappa shape index (κ2) is 7.03. The van der Waals surface area contributed by atoms with Gasteiger partial charge in [0.1, 0.15) is 5.82 Å². The third-order valence-corrected chi connectivity index (χ3v) is 5.35. The van der Waals surface area contributed by atoms with Gasteiger partial charge in [0.15, 0.2) is 5.16 Å². The van der Waals surface area contributed by atoms with Crippen molar-refractivity contribution in [3.8, 4) is 0 Å². The minimum absolute atomic E-state index is 0.135. The highest BCUT2D eigenvalue weighted by Gasteiger charge is 2.32. The van der Waals surface area contributed by atoms with Crippen LogP contribution in [-0.2, 0) is 4.79 Å². The molecule has 0 unspecified atom stereocenters. The Morgan fingerprint density at radius 2 is 1.92 bits per heavy atom. The van der Waals surface area contributed by atoms with Gasteiger partial charge in [-0.1, -0.05) is 11.8 Å². The first kappa shape index (κ1) is 16.4. The molecule has 1 saturated carbocycles. The molecule has 8 heteroatoms. The molecule has 1 aliphatic carbocycles. The lowest BCUT2D eigenvalue weighted by molar-refractivity contribution is -0.113. The summed E-state index contributed by atoms with van der Waals surface area (Å²) >= 11 is 1.40. The second-order valence-corrected chi connectivity index (χ2v) is 7.36. The van der Waals surface area contributed by atoms with Gasteiger partial charge in [0.05, 0.1) is 5.75 Å². The maximum absolute atomic E-state index is 12.9. The van der Waals surface area contributed by atoms with E-state index in [9.17, 15) is 9.18 Å². The van der Waals surface area contributed by atoms with Gasteiger partial charge in [0.25, 0.3) is 0 Å². The molecule has 1 aliphatic heterocycles. The fraction of sp³-hybridized carbons (Fsp3) is 0.471. The summed E-state index contributed by atoms with van der Waals surface area (Å²) in [6.07, 6.45) is 4.68. The topological polar surface area (TPSA) is 63.1 Å². The van der Waals surface area contributed by atoms with Crippen LogP contribution in [0.3, 0.4) is 0 Å². The van der Waals surface area contributed by atoms with Crippen LogP contribution in [-0.4, -0.2) is 39.5 Å². The van der Waals surface area contributed by atoms with Crippen LogP contribution in [0.25, 0.3) is 0 Å². The molecule has 1 amide bonds. The van der Waals surface area contributed by atoms with Gasteiger partial charge in [0, 0.05) is 24.8 Å². The van der Waals surface area contributed by atoms with E-state index in [1.807, 2.05) is 0 Å². The molecule has 2 heterocycles. The van der Waals surface area contributed by atoms with E-state index in [1.54, 1.807) is 12.1 Å². The quantitative estimate of drug-likeness (QED) is 0.801. The normalized spacial score (nSPS) is 17.1. The molecule has 1 aromatic carbocycles. The molecule has 25 heavy (non-hydrogen) atoms. The number of carbonyl (C=O) groups is 1. The van der Waals surface area contributed by atoms with Gasteiger partial charge in [-0.05, 0) is 49.9 Å². The molecule has 4 rings (SSSR count). The van der Waals surface area contributed by atoms with Crippen LogP contribution >= 0.6 is 11.8 Å². The number of nitrogens with one attached hydrogen (secondary N) is 1. The maximum atomic E-state index is 12.9. The number of rotatable bonds is 6. The number of benzene rings is 1. The first-order valence-electron chi connectivity index (χ1n) is 8.59. The number of halogens is 1. The molecule has 132 valence electrons. The summed E-state index contributed by atoms with van der Waals surface area (Å²) < 4.78 is 15.1. The molecule has 1 aromatic heterocycles. The average molecular weight is 361 g/mol. The molecule has 2 aromatic rings. The minimum Gasteiger partial charge on any atom is -0.341 e. The van der Waals surface area contributed by atoms with Crippen molar-refractivity contribution in [2.75, 3.05) is 29.1 Å². The third kappa shape index (κ3) is 3.78. The fourth-order valence-electron chi connectivity index (χ4n) is 3.01. The highest BCUT2D eigenvalue weighted by Crippen LogP contribution is 2.41. The van der Waals surface area contributed by atoms with Crippen LogP contribution in [0.4, 0.5) is 16.0 Å². The number of hydrogen-bond acceptors (Lipinski definition) is 5. The van der Waals surface area contributed by atoms with Crippen molar-refractivity contribution in [3.63, 3.8) is 0 Å². The van der Waals surface area contributed by atoms with Crippen LogP contribution in [0, 0.1) is 5.82 Å². The number of hydrogen-bond donors (Lipinski definition) is 1. The van der Waals surface area contributed by atoms with Crippen molar-refractivity contribution in [2.45, 2.75) is 36.9 Å². The summed E-state index contributed by atoms with van der Waals surface area (Å²) in [5, 5.41) is 12.3. The third-order valence-electron chi connectivity index (χ3n) is 4.41. The zero-order valence-electron chi connectivity index (χ0n) is 13.8. The largest absolute Gasteiger partial charge is 0.341 e. The molecular formula is C17H20FN5OS. The predicted octanol–water partition coefficient (Wildman–Crippen LogP) is 3.08. The number of aromatic nitrogens is 3. The minimum atomic E-state index is -0.320. The van der Waals surface area contributed by atoms with E-state index in [1.165, 1.54) is 36.7 Å². The van der Waals surface area contributed by atoms with E-state index in [0.717, 1.165) is 37.0 Å². The van der Waals surface area contributed by atoms with Crippen molar-refractivity contribution in [1.82, 2.24) is 14.8 Å². The van der Waals surface area contributed by atoms with Gasteiger partial charge in [-0.2, -0.15) is 0 Å². The lowest BCUT2D eigenvalue weighted by atomic mass is 10.3. The van der Waals surface area contributed by atoms with Crippen LogP contribution in [0.15, 0.2) is 29.4 Å². The van der Waals surface area contributed by atoms with Crippen LogP contribution < -0.4 is 10.2 Å². The Labute approximate surface area is 149 Å². The molecule has 1 N–H and O–H groups in total. The van der Waals surface area contributed by atoms with Gasteiger partial charge >= 0.3 is 0 Å². The Kier molecular flexibility index (Phi) is 4.61. The Morgan fingerprint density at radius 1 is 1.20 bits per heavy atom. The molecule has 0 spiro atoms. The molecule has 0 bridgehead atoms. The Hall–Kier alpha value is -2.09. The molecule has 2 aliphatic rings. The van der Waals surface area contributed by atoms with E-state index in [2.05, 4.69) is 25.0 Å². The van der Waals surface area contributed by atoms with Crippen molar-refractivity contribution in [1.29, 1.82) is 0 Å². The monoisotopic (exact) mass is 361 g/mol. The number of anilines is 2. The van der Waals surface area contributed by atoms with Gasteiger partial charge in [-0.3, -0.25) is 9.36 Å². The van der Waals surface area contributed by atoms with E-state index < -0.39 is 0 Å². The zero-order chi connectivity index (χ0) is 17.2. The first-order chi connectivity index (χ1) is 12.2. The maximum Gasteiger partial charge on any atom is 0.234 e.